The third-order valence-corrected chi connectivity index (χ3v) is 5.56. The zero-order chi connectivity index (χ0) is 16.2. The lowest BCUT2D eigenvalue weighted by molar-refractivity contribution is 0.590. The highest BCUT2D eigenvalue weighted by Crippen LogP contribution is 2.27. The van der Waals surface area contributed by atoms with Crippen LogP contribution in [0.5, 0.6) is 0 Å². The Bertz CT molecular complexity index is 743. The number of aryl methyl sites for hydroxylation is 2. The fourth-order valence-electron chi connectivity index (χ4n) is 1.63. The van der Waals surface area contributed by atoms with E-state index in [4.69, 9.17) is 0 Å². The normalized spacial score (nSPS) is 11.6. The summed E-state index contributed by atoms with van der Waals surface area (Å²) in [6.45, 7) is 4.52. The number of nitrogens with zero attached hydrogens (tertiary/aromatic N) is 2. The molecule has 22 heavy (non-hydrogen) atoms. The molecule has 0 atom stereocenters. The first-order valence-electron chi connectivity index (χ1n) is 6.59. The van der Waals surface area contributed by atoms with Gasteiger partial charge in [0.25, 0.3) is 0 Å². The quantitative estimate of drug-likeness (QED) is 0.584. The number of thioether (sulfide) groups is 1. The molecule has 0 bridgehead atoms. The smallest absolute Gasteiger partial charge is 0.210 e. The summed E-state index contributed by atoms with van der Waals surface area (Å²) in [4.78, 5) is 0. The van der Waals surface area contributed by atoms with Gasteiger partial charge in [-0.05, 0) is 37.1 Å². The van der Waals surface area contributed by atoms with Crippen molar-refractivity contribution in [2.24, 2.45) is 0 Å². The lowest BCUT2D eigenvalue weighted by Gasteiger charge is -2.05. The van der Waals surface area contributed by atoms with Crippen LogP contribution in [0.3, 0.4) is 0 Å². The van der Waals surface area contributed by atoms with E-state index in [1.54, 1.807) is 0 Å². The molecule has 0 spiro atoms. The first-order chi connectivity index (χ1) is 10.3. The van der Waals surface area contributed by atoms with E-state index >= 15 is 0 Å². The van der Waals surface area contributed by atoms with Crippen LogP contribution in [0.1, 0.15) is 11.1 Å². The van der Waals surface area contributed by atoms with Gasteiger partial charge in [0.15, 0.2) is 4.34 Å². The molecule has 0 radical (unpaired) electrons. The summed E-state index contributed by atoms with van der Waals surface area (Å²) in [6, 6.07) is 6.14. The van der Waals surface area contributed by atoms with Crippen LogP contribution in [0, 0.1) is 13.8 Å². The summed E-state index contributed by atoms with van der Waals surface area (Å²) in [6.07, 6.45) is 1.15. The second-order valence-corrected chi connectivity index (χ2v) is 8.96. The van der Waals surface area contributed by atoms with Crippen molar-refractivity contribution in [2.75, 3.05) is 23.9 Å². The first kappa shape index (κ1) is 17.2. The van der Waals surface area contributed by atoms with E-state index in [-0.39, 0.29) is 0 Å². The number of aromatic nitrogens is 2. The molecule has 9 heteroatoms. The average molecular weight is 359 g/mol. The summed E-state index contributed by atoms with van der Waals surface area (Å²) in [5, 5.41) is 12.1. The van der Waals surface area contributed by atoms with Gasteiger partial charge < -0.3 is 5.32 Å². The van der Waals surface area contributed by atoms with Crippen molar-refractivity contribution < 1.29 is 8.42 Å². The van der Waals surface area contributed by atoms with Crippen molar-refractivity contribution in [3.63, 3.8) is 0 Å². The molecule has 0 amide bonds. The van der Waals surface area contributed by atoms with E-state index in [1.165, 1.54) is 34.2 Å². The van der Waals surface area contributed by atoms with Crippen molar-refractivity contribution in [2.45, 2.75) is 18.2 Å². The third-order valence-electron chi connectivity index (χ3n) is 2.86. The van der Waals surface area contributed by atoms with Gasteiger partial charge in [-0.25, -0.2) is 13.1 Å². The highest BCUT2D eigenvalue weighted by atomic mass is 32.2. The molecule has 6 nitrogen and oxygen atoms in total. The number of sulfonamides is 1. The Morgan fingerprint density at radius 3 is 2.68 bits per heavy atom. The van der Waals surface area contributed by atoms with Crippen molar-refractivity contribution in [3.8, 4) is 0 Å². The molecule has 0 saturated heterocycles. The molecular formula is C13H18N4O2S3. The lowest BCUT2D eigenvalue weighted by Crippen LogP contribution is -2.24. The summed E-state index contributed by atoms with van der Waals surface area (Å²) >= 11 is 2.92. The average Bonchev–Trinajstić information content (AvgIpc) is 2.86. The molecule has 2 N–H and O–H groups in total. The summed E-state index contributed by atoms with van der Waals surface area (Å²) < 4.78 is 25.1. The minimum absolute atomic E-state index is 0.378. The van der Waals surface area contributed by atoms with Crippen molar-refractivity contribution in [3.05, 3.63) is 29.3 Å². The van der Waals surface area contributed by atoms with Crippen LogP contribution in [0.4, 0.5) is 10.8 Å². The van der Waals surface area contributed by atoms with E-state index in [0.717, 1.165) is 21.4 Å². The Labute approximate surface area is 138 Å². The summed E-state index contributed by atoms with van der Waals surface area (Å²) in [7, 11) is -3.13. The van der Waals surface area contributed by atoms with E-state index in [1.807, 2.05) is 6.07 Å². The van der Waals surface area contributed by atoms with Gasteiger partial charge in [-0.15, -0.1) is 10.2 Å². The topological polar surface area (TPSA) is 84.0 Å². The highest BCUT2D eigenvalue weighted by molar-refractivity contribution is 8.01. The molecule has 1 heterocycles. The van der Waals surface area contributed by atoms with Crippen LogP contribution < -0.4 is 10.0 Å². The molecule has 0 aliphatic carbocycles. The van der Waals surface area contributed by atoms with Crippen LogP contribution in [0.2, 0.25) is 0 Å². The van der Waals surface area contributed by atoms with Crippen LogP contribution >= 0.6 is 23.1 Å². The standard InChI is InChI=1S/C13H18N4O2S3/c1-9-4-5-11(8-10(9)2)15-12-16-17-13(21-12)20-7-6-14-22(3,18)19/h4-5,8,14H,6-7H2,1-3H3,(H,15,16). The number of benzene rings is 1. The maximum Gasteiger partial charge on any atom is 0.210 e. The second kappa shape index (κ2) is 7.40. The van der Waals surface area contributed by atoms with E-state index in [2.05, 4.69) is 46.2 Å². The Morgan fingerprint density at radius 1 is 1.23 bits per heavy atom. The SMILES string of the molecule is Cc1ccc(Nc2nnc(SCCNS(C)(=O)=O)s2)cc1C. The van der Waals surface area contributed by atoms with Crippen molar-refractivity contribution in [1.82, 2.24) is 14.9 Å². The maximum absolute atomic E-state index is 10.9. The van der Waals surface area contributed by atoms with Gasteiger partial charge in [0.2, 0.25) is 15.2 Å². The molecule has 0 unspecified atom stereocenters. The fourth-order valence-corrected chi connectivity index (χ4v) is 3.93. The summed E-state index contributed by atoms with van der Waals surface area (Å²) in [5.74, 6) is 0.616. The predicted octanol–water partition coefficient (Wildman–Crippen LogP) is 2.54. The lowest BCUT2D eigenvalue weighted by atomic mass is 10.1. The van der Waals surface area contributed by atoms with Crippen LogP contribution in [0.15, 0.2) is 22.5 Å². The number of hydrogen-bond donors (Lipinski definition) is 2. The number of anilines is 2. The van der Waals surface area contributed by atoms with Gasteiger partial charge in [-0.2, -0.15) is 0 Å². The Morgan fingerprint density at radius 2 is 2.00 bits per heavy atom. The van der Waals surface area contributed by atoms with Crippen LogP contribution in [-0.4, -0.2) is 37.2 Å². The minimum atomic E-state index is -3.13. The largest absolute Gasteiger partial charge is 0.330 e. The van der Waals surface area contributed by atoms with Crippen LogP contribution in [-0.2, 0) is 10.0 Å². The van der Waals surface area contributed by atoms with Gasteiger partial charge in [0, 0.05) is 18.0 Å². The van der Waals surface area contributed by atoms with Gasteiger partial charge in [0.1, 0.15) is 0 Å². The van der Waals surface area contributed by atoms with E-state index in [0.29, 0.717) is 12.3 Å². The minimum Gasteiger partial charge on any atom is -0.330 e. The van der Waals surface area contributed by atoms with Crippen LogP contribution in [0.25, 0.3) is 0 Å². The zero-order valence-corrected chi connectivity index (χ0v) is 15.0. The molecule has 0 aliphatic heterocycles. The number of nitrogens with one attached hydrogen (secondary N) is 2. The molecule has 2 rings (SSSR count). The van der Waals surface area contributed by atoms with E-state index < -0.39 is 10.0 Å². The maximum atomic E-state index is 10.9. The monoisotopic (exact) mass is 358 g/mol. The molecule has 0 fully saturated rings. The molecule has 2 aromatic rings. The molecule has 120 valence electrons. The third kappa shape index (κ3) is 5.56. The Kier molecular flexibility index (Phi) is 5.79. The fraction of sp³-hybridized carbons (Fsp3) is 0.385. The van der Waals surface area contributed by atoms with Crippen molar-refractivity contribution >= 4 is 43.9 Å². The number of rotatable bonds is 7. The summed E-state index contributed by atoms with van der Waals surface area (Å²) in [5.41, 5.74) is 3.45. The number of hydrogen-bond acceptors (Lipinski definition) is 7. The van der Waals surface area contributed by atoms with Crippen molar-refractivity contribution in [1.29, 1.82) is 0 Å². The second-order valence-electron chi connectivity index (χ2n) is 4.81. The molecule has 0 saturated carbocycles. The van der Waals surface area contributed by atoms with Gasteiger partial charge in [-0.3, -0.25) is 0 Å². The Balaban J connectivity index is 1.87. The van der Waals surface area contributed by atoms with Gasteiger partial charge >= 0.3 is 0 Å². The molecule has 1 aromatic heterocycles. The Hall–Kier alpha value is -1.16. The highest BCUT2D eigenvalue weighted by Gasteiger charge is 2.06. The molecular weight excluding hydrogens is 340 g/mol. The molecule has 0 aliphatic rings. The zero-order valence-electron chi connectivity index (χ0n) is 12.6. The van der Waals surface area contributed by atoms with Gasteiger partial charge in [0.05, 0.1) is 6.26 Å². The first-order valence-corrected chi connectivity index (χ1v) is 10.3. The van der Waals surface area contributed by atoms with Gasteiger partial charge in [-0.1, -0.05) is 29.2 Å². The van der Waals surface area contributed by atoms with E-state index in [9.17, 15) is 8.42 Å². The predicted molar refractivity (Wildman–Crippen MR) is 92.7 cm³/mol. The molecule has 1 aromatic carbocycles.